The van der Waals surface area contributed by atoms with E-state index in [-0.39, 0.29) is 30.3 Å². The van der Waals surface area contributed by atoms with E-state index < -0.39 is 5.56 Å². The fourth-order valence-electron chi connectivity index (χ4n) is 2.92. The predicted molar refractivity (Wildman–Crippen MR) is 104 cm³/mol. The highest BCUT2D eigenvalue weighted by atomic mass is 19.1. The van der Waals surface area contributed by atoms with Gasteiger partial charge < -0.3 is 9.84 Å². The van der Waals surface area contributed by atoms with Crippen molar-refractivity contribution in [1.82, 2.24) is 20.0 Å². The van der Waals surface area contributed by atoms with E-state index >= 15 is 0 Å². The maximum Gasteiger partial charge on any atom is 0.299 e. The molecule has 4 rings (SSSR count). The Morgan fingerprint density at radius 3 is 2.62 bits per heavy atom. The van der Waals surface area contributed by atoms with Crippen molar-refractivity contribution in [3.05, 3.63) is 82.7 Å². The molecular formula is C21H17FN4O3. The molecule has 0 unspecified atom stereocenters. The normalized spacial score (nSPS) is 10.9. The van der Waals surface area contributed by atoms with Gasteiger partial charge >= 0.3 is 0 Å². The second-order valence-electron chi connectivity index (χ2n) is 6.47. The third-order valence-corrected chi connectivity index (χ3v) is 4.48. The number of benzene rings is 2. The number of nitrogens with zero attached hydrogens (tertiary/aromatic N) is 3. The number of hydrogen-bond acceptors (Lipinski definition) is 5. The van der Waals surface area contributed by atoms with E-state index in [1.807, 2.05) is 30.3 Å². The van der Waals surface area contributed by atoms with Crippen LogP contribution in [0.25, 0.3) is 22.4 Å². The van der Waals surface area contributed by atoms with E-state index in [0.717, 1.165) is 5.56 Å². The first-order valence-corrected chi connectivity index (χ1v) is 9.03. The Bertz CT molecular complexity index is 1200. The standard InChI is InChI=1S/C21H17FN4O3/c22-16-8-6-15(7-9-16)18-19-20(29-25-18)21(28)26(13-24-19)11-10-17(27)23-12-14-4-2-1-3-5-14/h1-9,13H,10-12H2,(H,23,27). The molecule has 0 radical (unpaired) electrons. The smallest absolute Gasteiger partial charge is 0.299 e. The van der Waals surface area contributed by atoms with E-state index in [2.05, 4.69) is 15.5 Å². The molecule has 146 valence electrons. The van der Waals surface area contributed by atoms with Crippen molar-refractivity contribution in [3.63, 3.8) is 0 Å². The molecule has 0 spiro atoms. The zero-order valence-electron chi connectivity index (χ0n) is 15.3. The van der Waals surface area contributed by atoms with Gasteiger partial charge in [-0.25, -0.2) is 9.37 Å². The zero-order valence-corrected chi connectivity index (χ0v) is 15.3. The van der Waals surface area contributed by atoms with Gasteiger partial charge in [-0.3, -0.25) is 14.2 Å². The van der Waals surface area contributed by atoms with Crippen LogP contribution in [0, 0.1) is 5.82 Å². The summed E-state index contributed by atoms with van der Waals surface area (Å²) in [4.78, 5) is 28.9. The van der Waals surface area contributed by atoms with Gasteiger partial charge in [0.15, 0.2) is 0 Å². The van der Waals surface area contributed by atoms with Gasteiger partial charge in [0, 0.05) is 25.1 Å². The minimum Gasteiger partial charge on any atom is -0.352 e. The van der Waals surface area contributed by atoms with E-state index in [4.69, 9.17) is 4.52 Å². The number of hydrogen-bond donors (Lipinski definition) is 1. The van der Waals surface area contributed by atoms with Crippen LogP contribution in [0.2, 0.25) is 0 Å². The van der Waals surface area contributed by atoms with Gasteiger partial charge in [0.1, 0.15) is 17.0 Å². The van der Waals surface area contributed by atoms with Crippen LogP contribution in [0.1, 0.15) is 12.0 Å². The summed E-state index contributed by atoms with van der Waals surface area (Å²) >= 11 is 0. The number of carbonyl (C=O) groups excluding carboxylic acids is 1. The number of halogens is 1. The molecule has 29 heavy (non-hydrogen) atoms. The lowest BCUT2D eigenvalue weighted by molar-refractivity contribution is -0.121. The van der Waals surface area contributed by atoms with Crippen molar-refractivity contribution in [2.45, 2.75) is 19.5 Å². The molecule has 4 aromatic rings. The van der Waals surface area contributed by atoms with Crippen molar-refractivity contribution in [2.24, 2.45) is 0 Å². The summed E-state index contributed by atoms with van der Waals surface area (Å²) < 4.78 is 19.6. The minimum atomic E-state index is -0.424. The quantitative estimate of drug-likeness (QED) is 0.545. The maximum atomic E-state index is 13.1. The molecule has 1 amide bonds. The summed E-state index contributed by atoms with van der Waals surface area (Å²) in [6, 6.07) is 15.2. The van der Waals surface area contributed by atoms with E-state index in [9.17, 15) is 14.0 Å². The molecule has 0 saturated carbocycles. The molecule has 0 aliphatic carbocycles. The number of nitrogens with one attached hydrogen (secondary N) is 1. The summed E-state index contributed by atoms with van der Waals surface area (Å²) in [5.74, 6) is -0.548. The highest BCUT2D eigenvalue weighted by Crippen LogP contribution is 2.24. The third kappa shape index (κ3) is 4.06. The molecular weight excluding hydrogens is 375 g/mol. The number of aromatic nitrogens is 3. The summed E-state index contributed by atoms with van der Waals surface area (Å²) in [5.41, 5.74) is 1.82. The monoisotopic (exact) mass is 392 g/mol. The van der Waals surface area contributed by atoms with E-state index in [0.29, 0.717) is 23.3 Å². The second-order valence-corrected chi connectivity index (χ2v) is 6.47. The van der Waals surface area contributed by atoms with Crippen LogP contribution < -0.4 is 10.9 Å². The first kappa shape index (κ1) is 18.5. The van der Waals surface area contributed by atoms with Gasteiger partial charge in [0.2, 0.25) is 5.91 Å². The average Bonchev–Trinajstić information content (AvgIpc) is 3.18. The van der Waals surface area contributed by atoms with Crippen LogP contribution >= 0.6 is 0 Å². The van der Waals surface area contributed by atoms with Gasteiger partial charge in [-0.15, -0.1) is 0 Å². The Kier molecular flexibility index (Phi) is 5.15. The van der Waals surface area contributed by atoms with Crippen molar-refractivity contribution in [1.29, 1.82) is 0 Å². The first-order chi connectivity index (χ1) is 14.1. The molecule has 0 bridgehead atoms. The van der Waals surface area contributed by atoms with Crippen molar-refractivity contribution in [3.8, 4) is 11.3 Å². The molecule has 0 aliphatic rings. The number of rotatable bonds is 6. The SMILES string of the molecule is O=C(CCn1cnc2c(-c3ccc(F)cc3)noc2c1=O)NCc1ccccc1. The maximum absolute atomic E-state index is 13.1. The molecule has 7 nitrogen and oxygen atoms in total. The number of aryl methyl sites for hydroxylation is 1. The molecule has 8 heteroatoms. The van der Waals surface area contributed by atoms with E-state index in [1.54, 1.807) is 0 Å². The Hall–Kier alpha value is -3.81. The van der Waals surface area contributed by atoms with Gasteiger partial charge in [0.05, 0.1) is 6.33 Å². The van der Waals surface area contributed by atoms with Crippen LogP contribution in [0.4, 0.5) is 4.39 Å². The Morgan fingerprint density at radius 1 is 1.10 bits per heavy atom. The largest absolute Gasteiger partial charge is 0.352 e. The Labute approximate surface area is 164 Å². The molecule has 0 aliphatic heterocycles. The van der Waals surface area contributed by atoms with Crippen LogP contribution in [0.3, 0.4) is 0 Å². The first-order valence-electron chi connectivity index (χ1n) is 9.03. The van der Waals surface area contributed by atoms with Crippen molar-refractivity contribution >= 4 is 17.0 Å². The molecule has 2 heterocycles. The van der Waals surface area contributed by atoms with Crippen LogP contribution in [0.5, 0.6) is 0 Å². The van der Waals surface area contributed by atoms with Crippen LogP contribution in [-0.4, -0.2) is 20.6 Å². The lowest BCUT2D eigenvalue weighted by atomic mass is 10.1. The van der Waals surface area contributed by atoms with Gasteiger partial charge in [0.25, 0.3) is 11.1 Å². The molecule has 1 N–H and O–H groups in total. The summed E-state index contributed by atoms with van der Waals surface area (Å²) in [7, 11) is 0. The third-order valence-electron chi connectivity index (χ3n) is 4.48. The fraction of sp³-hybridized carbons (Fsp3) is 0.143. The van der Waals surface area contributed by atoms with Crippen LogP contribution in [-0.2, 0) is 17.9 Å². The van der Waals surface area contributed by atoms with Crippen LogP contribution in [0.15, 0.2) is 70.2 Å². The Balaban J connectivity index is 1.46. The summed E-state index contributed by atoms with van der Waals surface area (Å²) in [6.45, 7) is 0.587. The number of fused-ring (bicyclic) bond motifs is 1. The second kappa shape index (κ2) is 8.05. The van der Waals surface area contributed by atoms with Crippen molar-refractivity contribution in [2.75, 3.05) is 0 Å². The average molecular weight is 392 g/mol. The minimum absolute atomic E-state index is 0.00322. The van der Waals surface area contributed by atoms with Gasteiger partial charge in [-0.1, -0.05) is 35.5 Å². The van der Waals surface area contributed by atoms with Gasteiger partial charge in [-0.2, -0.15) is 0 Å². The highest BCUT2D eigenvalue weighted by Gasteiger charge is 2.16. The fourth-order valence-corrected chi connectivity index (χ4v) is 2.92. The lowest BCUT2D eigenvalue weighted by Gasteiger charge is -2.07. The summed E-state index contributed by atoms with van der Waals surface area (Å²) in [6.07, 6.45) is 1.48. The topological polar surface area (TPSA) is 90.0 Å². The predicted octanol–water partition coefficient (Wildman–Crippen LogP) is 2.90. The summed E-state index contributed by atoms with van der Waals surface area (Å²) in [5, 5.41) is 6.72. The Morgan fingerprint density at radius 2 is 1.86 bits per heavy atom. The van der Waals surface area contributed by atoms with E-state index in [1.165, 1.54) is 35.2 Å². The highest BCUT2D eigenvalue weighted by molar-refractivity contribution is 5.87. The molecule has 0 saturated heterocycles. The van der Waals surface area contributed by atoms with Gasteiger partial charge in [-0.05, 0) is 29.8 Å². The van der Waals surface area contributed by atoms with Crippen molar-refractivity contribution < 1.29 is 13.7 Å². The lowest BCUT2D eigenvalue weighted by Crippen LogP contribution is -2.27. The molecule has 0 fully saturated rings. The number of amides is 1. The molecule has 2 aromatic carbocycles. The number of carbonyl (C=O) groups is 1. The molecule has 0 atom stereocenters. The zero-order chi connectivity index (χ0) is 20.2. The molecule has 2 aromatic heterocycles.